The van der Waals surface area contributed by atoms with Gasteiger partial charge >= 0.3 is 0 Å². The van der Waals surface area contributed by atoms with Gasteiger partial charge in [0.15, 0.2) is 0 Å². The number of halogens is 1. The van der Waals surface area contributed by atoms with E-state index >= 15 is 0 Å². The number of terminal acetylenes is 1. The molecule has 0 atom stereocenters. The molecule has 0 bridgehead atoms. The highest BCUT2D eigenvalue weighted by molar-refractivity contribution is 9.10. The summed E-state index contributed by atoms with van der Waals surface area (Å²) in [7, 11) is 0. The minimum Gasteiger partial charge on any atom is -0.481 e. The average molecular weight is 338 g/mol. The highest BCUT2D eigenvalue weighted by atomic mass is 79.9. The lowest BCUT2D eigenvalue weighted by molar-refractivity contribution is 0.0474. The van der Waals surface area contributed by atoms with Gasteiger partial charge in [-0.05, 0) is 31.0 Å². The Morgan fingerprint density at radius 1 is 1.40 bits per heavy atom. The van der Waals surface area contributed by atoms with Crippen LogP contribution in [0.2, 0.25) is 0 Å². The highest BCUT2D eigenvalue weighted by Crippen LogP contribution is 2.29. The molecule has 1 aromatic rings. The Hall–Kier alpha value is -1.02. The maximum Gasteiger partial charge on any atom is 0.148 e. The number of rotatable bonds is 6. The number of aliphatic hydroxyl groups is 1. The van der Waals surface area contributed by atoms with E-state index in [1.54, 1.807) is 0 Å². The monoisotopic (exact) mass is 337 g/mol. The summed E-state index contributed by atoms with van der Waals surface area (Å²) in [6, 6.07) is 5.85. The van der Waals surface area contributed by atoms with Gasteiger partial charge in [0.1, 0.15) is 12.4 Å². The van der Waals surface area contributed by atoms with E-state index in [0.29, 0.717) is 13.1 Å². The van der Waals surface area contributed by atoms with Crippen molar-refractivity contribution in [1.29, 1.82) is 0 Å². The first-order valence-electron chi connectivity index (χ1n) is 6.91. The molecule has 1 aromatic carbocycles. The standard InChI is InChI=1S/C16H20BrNO2/c1-2-9-20-15-6-5-14(17)10-13(15)11-18-12-16(19)7-3-4-8-16/h1,5-6,10,18-19H,3-4,7-9,11-12H2. The second-order valence-electron chi connectivity index (χ2n) is 5.28. The molecular formula is C16H20BrNO2. The van der Waals surface area contributed by atoms with Crippen LogP contribution in [-0.4, -0.2) is 23.9 Å². The third-order valence-electron chi connectivity index (χ3n) is 3.64. The van der Waals surface area contributed by atoms with Crippen LogP contribution in [0.25, 0.3) is 0 Å². The number of benzene rings is 1. The Morgan fingerprint density at radius 2 is 2.15 bits per heavy atom. The SMILES string of the molecule is C#CCOc1ccc(Br)cc1CNCC1(O)CCCC1. The van der Waals surface area contributed by atoms with Crippen LogP contribution in [-0.2, 0) is 6.54 Å². The Balaban J connectivity index is 1.93. The Bertz CT molecular complexity index is 490. The molecule has 1 aliphatic rings. The first kappa shape index (κ1) is 15.4. The summed E-state index contributed by atoms with van der Waals surface area (Å²) in [5.74, 6) is 3.26. The van der Waals surface area contributed by atoms with Crippen molar-refractivity contribution in [2.24, 2.45) is 0 Å². The van der Waals surface area contributed by atoms with E-state index in [1.165, 1.54) is 0 Å². The summed E-state index contributed by atoms with van der Waals surface area (Å²) < 4.78 is 6.53. The molecule has 0 unspecified atom stereocenters. The Kier molecular flexibility index (Phi) is 5.47. The van der Waals surface area contributed by atoms with Gasteiger partial charge in [-0.25, -0.2) is 0 Å². The summed E-state index contributed by atoms with van der Waals surface area (Å²) in [4.78, 5) is 0. The lowest BCUT2D eigenvalue weighted by Crippen LogP contribution is -2.37. The summed E-state index contributed by atoms with van der Waals surface area (Å²) in [6.07, 6.45) is 9.23. The van der Waals surface area contributed by atoms with Crippen molar-refractivity contribution in [2.45, 2.75) is 37.8 Å². The average Bonchev–Trinajstić information content (AvgIpc) is 2.85. The van der Waals surface area contributed by atoms with Crippen LogP contribution in [0.5, 0.6) is 5.75 Å². The van der Waals surface area contributed by atoms with Gasteiger partial charge in [0, 0.05) is 23.1 Å². The van der Waals surface area contributed by atoms with Crippen LogP contribution >= 0.6 is 15.9 Å². The van der Waals surface area contributed by atoms with Crippen molar-refractivity contribution in [3.8, 4) is 18.1 Å². The second kappa shape index (κ2) is 7.12. The molecule has 1 saturated carbocycles. The lowest BCUT2D eigenvalue weighted by Gasteiger charge is -2.22. The van der Waals surface area contributed by atoms with Crippen molar-refractivity contribution in [1.82, 2.24) is 5.32 Å². The molecule has 1 aliphatic carbocycles. The molecular weight excluding hydrogens is 318 g/mol. The normalized spacial score (nSPS) is 16.9. The van der Waals surface area contributed by atoms with Gasteiger partial charge in [0.2, 0.25) is 0 Å². The Morgan fingerprint density at radius 3 is 2.85 bits per heavy atom. The van der Waals surface area contributed by atoms with Crippen molar-refractivity contribution in [3.63, 3.8) is 0 Å². The van der Waals surface area contributed by atoms with E-state index in [1.807, 2.05) is 18.2 Å². The molecule has 3 nitrogen and oxygen atoms in total. The van der Waals surface area contributed by atoms with E-state index in [4.69, 9.17) is 11.2 Å². The van der Waals surface area contributed by atoms with E-state index in [2.05, 4.69) is 27.2 Å². The smallest absolute Gasteiger partial charge is 0.148 e. The zero-order valence-electron chi connectivity index (χ0n) is 11.5. The minimum atomic E-state index is -0.536. The zero-order valence-corrected chi connectivity index (χ0v) is 13.1. The molecule has 0 amide bonds. The number of ether oxygens (including phenoxy) is 1. The maximum atomic E-state index is 10.3. The van der Waals surface area contributed by atoms with Crippen LogP contribution in [0, 0.1) is 12.3 Å². The van der Waals surface area contributed by atoms with Gasteiger partial charge in [-0.2, -0.15) is 0 Å². The van der Waals surface area contributed by atoms with Crippen LogP contribution in [0.3, 0.4) is 0 Å². The molecule has 108 valence electrons. The third-order valence-corrected chi connectivity index (χ3v) is 4.13. The first-order valence-corrected chi connectivity index (χ1v) is 7.70. The van der Waals surface area contributed by atoms with Gasteiger partial charge in [-0.15, -0.1) is 6.42 Å². The predicted molar refractivity (Wildman–Crippen MR) is 83.6 cm³/mol. The number of nitrogens with one attached hydrogen (secondary N) is 1. The topological polar surface area (TPSA) is 41.5 Å². The molecule has 2 rings (SSSR count). The molecule has 0 spiro atoms. The summed E-state index contributed by atoms with van der Waals surface area (Å²) in [5, 5.41) is 13.6. The largest absolute Gasteiger partial charge is 0.481 e. The summed E-state index contributed by atoms with van der Waals surface area (Å²) in [6.45, 7) is 1.54. The molecule has 20 heavy (non-hydrogen) atoms. The molecule has 0 saturated heterocycles. The maximum absolute atomic E-state index is 10.3. The van der Waals surface area contributed by atoms with Gasteiger partial charge in [0.25, 0.3) is 0 Å². The van der Waals surface area contributed by atoms with E-state index in [9.17, 15) is 5.11 Å². The molecule has 4 heteroatoms. The van der Waals surface area contributed by atoms with Gasteiger partial charge in [-0.3, -0.25) is 0 Å². The fourth-order valence-electron chi connectivity index (χ4n) is 2.59. The lowest BCUT2D eigenvalue weighted by atomic mass is 10.0. The van der Waals surface area contributed by atoms with Gasteiger partial charge in [0.05, 0.1) is 5.60 Å². The quantitative estimate of drug-likeness (QED) is 0.784. The van der Waals surface area contributed by atoms with Crippen molar-refractivity contribution in [2.75, 3.05) is 13.2 Å². The second-order valence-corrected chi connectivity index (χ2v) is 6.20. The third kappa shape index (κ3) is 4.24. The van der Waals surface area contributed by atoms with Crippen molar-refractivity contribution < 1.29 is 9.84 Å². The fraction of sp³-hybridized carbons (Fsp3) is 0.500. The predicted octanol–water partition coefficient (Wildman–Crippen LogP) is 2.86. The Labute approximate surface area is 128 Å². The molecule has 0 heterocycles. The van der Waals surface area contributed by atoms with E-state index in [-0.39, 0.29) is 6.61 Å². The van der Waals surface area contributed by atoms with Crippen LogP contribution in [0.4, 0.5) is 0 Å². The first-order chi connectivity index (χ1) is 9.63. The van der Waals surface area contributed by atoms with Crippen molar-refractivity contribution >= 4 is 15.9 Å². The highest BCUT2D eigenvalue weighted by Gasteiger charge is 2.30. The molecule has 0 radical (unpaired) electrons. The van der Waals surface area contributed by atoms with Crippen molar-refractivity contribution in [3.05, 3.63) is 28.2 Å². The zero-order chi connectivity index (χ0) is 14.4. The molecule has 0 aliphatic heterocycles. The van der Waals surface area contributed by atoms with E-state index in [0.717, 1.165) is 41.5 Å². The summed E-state index contributed by atoms with van der Waals surface area (Å²) in [5.41, 5.74) is 0.502. The minimum absolute atomic E-state index is 0.262. The molecule has 0 aromatic heterocycles. The fourth-order valence-corrected chi connectivity index (χ4v) is 2.99. The number of hydrogen-bond donors (Lipinski definition) is 2. The summed E-state index contributed by atoms with van der Waals surface area (Å²) >= 11 is 3.46. The van der Waals surface area contributed by atoms with Gasteiger partial charge < -0.3 is 15.2 Å². The van der Waals surface area contributed by atoms with Gasteiger partial charge in [-0.1, -0.05) is 34.7 Å². The number of hydrogen-bond acceptors (Lipinski definition) is 3. The van der Waals surface area contributed by atoms with Crippen LogP contribution in [0.15, 0.2) is 22.7 Å². The van der Waals surface area contributed by atoms with Crippen LogP contribution in [0.1, 0.15) is 31.2 Å². The molecule has 2 N–H and O–H groups in total. The van der Waals surface area contributed by atoms with Crippen LogP contribution < -0.4 is 10.1 Å². The molecule has 1 fully saturated rings. The van der Waals surface area contributed by atoms with E-state index < -0.39 is 5.60 Å².